The second kappa shape index (κ2) is 17.8. The quantitative estimate of drug-likeness (QED) is 0.357. The van der Waals surface area contributed by atoms with E-state index >= 15 is 0 Å². The van der Waals surface area contributed by atoms with Crippen LogP contribution in [0.2, 0.25) is 0 Å². The van der Waals surface area contributed by atoms with E-state index in [0.717, 1.165) is 12.8 Å². The Kier molecular flexibility index (Phi) is 17.0. The third-order valence-corrected chi connectivity index (χ3v) is 4.40. The van der Waals surface area contributed by atoms with Gasteiger partial charge in [0.05, 0.1) is 6.54 Å². The molecule has 0 radical (unpaired) electrons. The second-order valence-electron chi connectivity index (χ2n) is 7.49. The van der Waals surface area contributed by atoms with E-state index in [1.165, 1.54) is 70.6 Å². The first-order valence-electron chi connectivity index (χ1n) is 10.6. The highest BCUT2D eigenvalue weighted by Crippen LogP contribution is 2.12. The Morgan fingerprint density at radius 2 is 1.12 bits per heavy atom. The first kappa shape index (κ1) is 23.9. The van der Waals surface area contributed by atoms with E-state index in [4.69, 9.17) is 0 Å². The van der Waals surface area contributed by atoms with Crippen LogP contribution in [-0.4, -0.2) is 24.4 Å². The number of nitrogens with one attached hydrogen (secondary N) is 2. The first-order valence-corrected chi connectivity index (χ1v) is 10.6. The summed E-state index contributed by atoms with van der Waals surface area (Å²) < 4.78 is 0. The Morgan fingerprint density at radius 3 is 1.56 bits per heavy atom. The molecule has 0 aliphatic carbocycles. The van der Waals surface area contributed by atoms with Crippen molar-refractivity contribution in [2.75, 3.05) is 6.54 Å². The fourth-order valence-electron chi connectivity index (χ4n) is 2.94. The van der Waals surface area contributed by atoms with Crippen molar-refractivity contribution in [1.29, 1.82) is 0 Å². The van der Waals surface area contributed by atoms with Gasteiger partial charge in [-0.25, -0.2) is 0 Å². The third kappa shape index (κ3) is 19.1. The monoisotopic (exact) mass is 354 g/mol. The number of carbonyl (C=O) groups excluding carboxylic acids is 2. The Bertz CT molecular complexity index is 330. The predicted molar refractivity (Wildman–Crippen MR) is 107 cm³/mol. The molecule has 0 saturated carbocycles. The van der Waals surface area contributed by atoms with Gasteiger partial charge in [-0.1, -0.05) is 84.0 Å². The van der Waals surface area contributed by atoms with Crippen molar-refractivity contribution in [3.05, 3.63) is 0 Å². The summed E-state index contributed by atoms with van der Waals surface area (Å²) in [7, 11) is 0. The molecule has 148 valence electrons. The van der Waals surface area contributed by atoms with E-state index in [9.17, 15) is 9.59 Å². The molecule has 25 heavy (non-hydrogen) atoms. The van der Waals surface area contributed by atoms with Crippen molar-refractivity contribution < 1.29 is 9.59 Å². The molecule has 0 aliphatic heterocycles. The Balaban J connectivity index is 3.24. The standard InChI is InChI=1S/C21H42N2O2/c1-4-5-6-7-8-9-10-11-12-13-14-15-16-17-20(24)22-18-21(25)23-19(2)3/h19H,4-18H2,1-3H3,(H,22,24)(H,23,25). The van der Waals surface area contributed by atoms with Gasteiger partial charge in [-0.2, -0.15) is 0 Å². The topological polar surface area (TPSA) is 58.2 Å². The summed E-state index contributed by atoms with van der Waals surface area (Å²) in [4.78, 5) is 23.1. The number of rotatable bonds is 17. The average Bonchev–Trinajstić information content (AvgIpc) is 2.56. The minimum absolute atomic E-state index is 0.0121. The highest BCUT2D eigenvalue weighted by Gasteiger charge is 2.06. The van der Waals surface area contributed by atoms with Crippen LogP contribution in [0.15, 0.2) is 0 Å². The van der Waals surface area contributed by atoms with Crippen molar-refractivity contribution in [3.8, 4) is 0 Å². The average molecular weight is 355 g/mol. The lowest BCUT2D eigenvalue weighted by atomic mass is 10.0. The van der Waals surface area contributed by atoms with Gasteiger partial charge in [0.1, 0.15) is 0 Å². The Hall–Kier alpha value is -1.06. The maximum Gasteiger partial charge on any atom is 0.239 e. The smallest absolute Gasteiger partial charge is 0.239 e. The first-order chi connectivity index (χ1) is 12.1. The van der Waals surface area contributed by atoms with E-state index in [1.54, 1.807) is 0 Å². The van der Waals surface area contributed by atoms with Gasteiger partial charge in [0.15, 0.2) is 0 Å². The van der Waals surface area contributed by atoms with Crippen LogP contribution in [0, 0.1) is 0 Å². The summed E-state index contributed by atoms with van der Waals surface area (Å²) in [6.45, 7) is 6.18. The fourth-order valence-corrected chi connectivity index (χ4v) is 2.94. The van der Waals surface area contributed by atoms with Crippen molar-refractivity contribution in [2.24, 2.45) is 0 Å². The van der Waals surface area contributed by atoms with Gasteiger partial charge in [-0.15, -0.1) is 0 Å². The van der Waals surface area contributed by atoms with Gasteiger partial charge < -0.3 is 10.6 Å². The van der Waals surface area contributed by atoms with Crippen molar-refractivity contribution in [1.82, 2.24) is 10.6 Å². The van der Waals surface area contributed by atoms with Crippen molar-refractivity contribution >= 4 is 11.8 Å². The minimum Gasteiger partial charge on any atom is -0.352 e. The number of hydrogen-bond donors (Lipinski definition) is 2. The van der Waals surface area contributed by atoms with Gasteiger partial charge in [0.25, 0.3) is 0 Å². The van der Waals surface area contributed by atoms with Crippen LogP contribution in [-0.2, 0) is 9.59 Å². The lowest BCUT2D eigenvalue weighted by molar-refractivity contribution is -0.126. The van der Waals surface area contributed by atoms with Gasteiger partial charge in [0.2, 0.25) is 11.8 Å². The molecule has 4 heteroatoms. The molecule has 0 aromatic carbocycles. The van der Waals surface area contributed by atoms with Crippen LogP contribution in [0.1, 0.15) is 111 Å². The highest BCUT2D eigenvalue weighted by molar-refractivity contribution is 5.84. The van der Waals surface area contributed by atoms with E-state index in [0.29, 0.717) is 6.42 Å². The van der Waals surface area contributed by atoms with E-state index in [2.05, 4.69) is 17.6 Å². The summed E-state index contributed by atoms with van der Waals surface area (Å²) in [5, 5.41) is 5.44. The fraction of sp³-hybridized carbons (Fsp3) is 0.905. The molecule has 0 aromatic rings. The largest absolute Gasteiger partial charge is 0.352 e. The van der Waals surface area contributed by atoms with Crippen LogP contribution in [0.4, 0.5) is 0 Å². The van der Waals surface area contributed by atoms with E-state index in [-0.39, 0.29) is 24.4 Å². The molecule has 2 amide bonds. The van der Waals surface area contributed by atoms with Gasteiger partial charge in [0, 0.05) is 12.5 Å². The van der Waals surface area contributed by atoms with Crippen molar-refractivity contribution in [2.45, 2.75) is 117 Å². The summed E-state index contributed by atoms with van der Waals surface area (Å²) in [5.74, 6) is -0.129. The van der Waals surface area contributed by atoms with Crippen LogP contribution in [0.5, 0.6) is 0 Å². The lowest BCUT2D eigenvalue weighted by Gasteiger charge is -2.09. The molecule has 0 aromatic heterocycles. The Morgan fingerprint density at radius 1 is 0.680 bits per heavy atom. The summed E-state index contributed by atoms with van der Waals surface area (Å²) in [6, 6.07) is 0.116. The summed E-state index contributed by atoms with van der Waals surface area (Å²) in [5.41, 5.74) is 0. The molecule has 4 nitrogen and oxygen atoms in total. The van der Waals surface area contributed by atoms with Crippen LogP contribution in [0.25, 0.3) is 0 Å². The molecule has 0 heterocycles. The van der Waals surface area contributed by atoms with E-state index in [1.807, 2.05) is 13.8 Å². The summed E-state index contributed by atoms with van der Waals surface area (Å²) in [6.07, 6.45) is 17.5. The van der Waals surface area contributed by atoms with Gasteiger partial charge >= 0.3 is 0 Å². The number of carbonyl (C=O) groups is 2. The molecule has 0 saturated heterocycles. The lowest BCUT2D eigenvalue weighted by Crippen LogP contribution is -2.39. The molecule has 0 unspecified atom stereocenters. The zero-order valence-electron chi connectivity index (χ0n) is 17.0. The maximum atomic E-state index is 11.6. The molecule has 0 bridgehead atoms. The molecular weight excluding hydrogens is 312 g/mol. The predicted octanol–water partition coefficient (Wildman–Crippen LogP) is 5.11. The second-order valence-corrected chi connectivity index (χ2v) is 7.49. The number of amides is 2. The zero-order chi connectivity index (χ0) is 18.8. The normalized spacial score (nSPS) is 10.9. The number of unbranched alkanes of at least 4 members (excludes halogenated alkanes) is 12. The number of hydrogen-bond acceptors (Lipinski definition) is 2. The van der Waals surface area contributed by atoms with Gasteiger partial charge in [-0.05, 0) is 20.3 Å². The van der Waals surface area contributed by atoms with Crippen LogP contribution in [0.3, 0.4) is 0 Å². The zero-order valence-corrected chi connectivity index (χ0v) is 17.0. The van der Waals surface area contributed by atoms with E-state index < -0.39 is 0 Å². The molecular formula is C21H42N2O2. The maximum absolute atomic E-state index is 11.6. The Labute approximate surface area is 155 Å². The SMILES string of the molecule is CCCCCCCCCCCCCCCC(=O)NCC(=O)NC(C)C. The molecule has 0 spiro atoms. The molecule has 0 aliphatic rings. The highest BCUT2D eigenvalue weighted by atomic mass is 16.2. The summed E-state index contributed by atoms with van der Waals surface area (Å²) >= 11 is 0. The third-order valence-electron chi connectivity index (χ3n) is 4.40. The molecule has 0 atom stereocenters. The minimum atomic E-state index is -0.117. The molecule has 2 N–H and O–H groups in total. The molecule has 0 fully saturated rings. The van der Waals surface area contributed by atoms with Crippen LogP contribution >= 0.6 is 0 Å². The van der Waals surface area contributed by atoms with Crippen molar-refractivity contribution in [3.63, 3.8) is 0 Å². The van der Waals surface area contributed by atoms with Crippen LogP contribution < -0.4 is 10.6 Å². The van der Waals surface area contributed by atoms with Gasteiger partial charge in [-0.3, -0.25) is 9.59 Å². The molecule has 0 rings (SSSR count).